The van der Waals surface area contributed by atoms with E-state index in [-0.39, 0.29) is 11.5 Å². The van der Waals surface area contributed by atoms with Crippen molar-refractivity contribution < 1.29 is 4.79 Å². The van der Waals surface area contributed by atoms with E-state index in [9.17, 15) is 4.79 Å². The molecule has 0 bridgehead atoms. The van der Waals surface area contributed by atoms with Gasteiger partial charge in [0, 0.05) is 0 Å². The van der Waals surface area contributed by atoms with Gasteiger partial charge in [0.25, 0.3) is 0 Å². The van der Waals surface area contributed by atoms with Crippen molar-refractivity contribution in [1.29, 1.82) is 5.26 Å². The molecule has 5 nitrogen and oxygen atoms in total. The van der Waals surface area contributed by atoms with E-state index in [1.54, 1.807) is 0 Å². The lowest BCUT2D eigenvalue weighted by Gasteiger charge is -1.87. The lowest BCUT2D eigenvalue weighted by molar-refractivity contribution is -0.105. The second-order valence-corrected chi connectivity index (χ2v) is 1.50. The van der Waals surface area contributed by atoms with E-state index in [1.165, 1.54) is 6.33 Å². The predicted octanol–water partition coefficient (Wildman–Crippen LogP) is -0.150. The molecule has 0 fully saturated rings. The van der Waals surface area contributed by atoms with Crippen molar-refractivity contribution >= 4 is 12.2 Å². The number of hydrogen-bond acceptors (Lipinski definition) is 3. The topological polar surface area (TPSA) is 81.6 Å². The van der Waals surface area contributed by atoms with Crippen LogP contribution in [0, 0.1) is 11.3 Å². The zero-order valence-electron chi connectivity index (χ0n) is 4.96. The molecule has 0 aliphatic rings. The molecule has 0 unspecified atom stereocenters. The monoisotopic (exact) mass is 136 g/mol. The third-order valence-electron chi connectivity index (χ3n) is 0.947. The van der Waals surface area contributed by atoms with Crippen molar-refractivity contribution in [2.24, 2.45) is 0 Å². The zero-order chi connectivity index (χ0) is 7.40. The largest absolute Gasteiger partial charge is 0.335 e. The molecule has 0 radical (unpaired) electrons. The van der Waals surface area contributed by atoms with E-state index in [4.69, 9.17) is 5.26 Å². The summed E-state index contributed by atoms with van der Waals surface area (Å²) < 4.78 is 0. The minimum Gasteiger partial charge on any atom is -0.335 e. The van der Waals surface area contributed by atoms with Gasteiger partial charge in [-0.05, 0) is 0 Å². The SMILES string of the molecule is N#Cc1[nH]cnc1NC=O. The third-order valence-corrected chi connectivity index (χ3v) is 0.947. The number of anilines is 1. The minimum absolute atomic E-state index is 0.257. The normalized spacial score (nSPS) is 8.30. The maximum absolute atomic E-state index is 9.87. The summed E-state index contributed by atoms with van der Waals surface area (Å²) >= 11 is 0. The summed E-state index contributed by atoms with van der Waals surface area (Å²) in [5, 5.41) is 10.6. The maximum Gasteiger partial charge on any atom is 0.212 e. The van der Waals surface area contributed by atoms with E-state index < -0.39 is 0 Å². The number of carbonyl (C=O) groups is 1. The van der Waals surface area contributed by atoms with Crippen LogP contribution in [-0.2, 0) is 4.79 Å². The van der Waals surface area contributed by atoms with Gasteiger partial charge >= 0.3 is 0 Å². The van der Waals surface area contributed by atoms with Crippen molar-refractivity contribution in [3.63, 3.8) is 0 Å². The van der Waals surface area contributed by atoms with Crippen LogP contribution in [0.25, 0.3) is 0 Å². The van der Waals surface area contributed by atoms with Gasteiger partial charge in [-0.1, -0.05) is 0 Å². The minimum atomic E-state index is 0.257. The van der Waals surface area contributed by atoms with Gasteiger partial charge in [0.15, 0.2) is 11.5 Å². The standard InChI is InChI=1S/C5H4N4O/c6-1-4-5(9-3-10)8-2-7-4/h2-3H,(H,7,8)(H,9,10). The molecular formula is C5H4N4O. The molecule has 0 atom stereocenters. The second kappa shape index (κ2) is 2.64. The molecule has 1 rings (SSSR count). The van der Waals surface area contributed by atoms with Gasteiger partial charge in [-0.25, -0.2) is 4.98 Å². The fourth-order valence-corrected chi connectivity index (χ4v) is 0.545. The van der Waals surface area contributed by atoms with Gasteiger partial charge in [-0.2, -0.15) is 5.26 Å². The van der Waals surface area contributed by atoms with E-state index in [0.29, 0.717) is 6.41 Å². The lowest BCUT2D eigenvalue weighted by atomic mass is 10.5. The molecular weight excluding hydrogens is 132 g/mol. The summed E-state index contributed by atoms with van der Waals surface area (Å²) in [7, 11) is 0. The summed E-state index contributed by atoms with van der Waals surface area (Å²) in [5.41, 5.74) is 0.257. The van der Waals surface area contributed by atoms with Crippen LogP contribution in [0.2, 0.25) is 0 Å². The molecule has 1 aromatic rings. The predicted molar refractivity (Wildman–Crippen MR) is 33.0 cm³/mol. The fourth-order valence-electron chi connectivity index (χ4n) is 0.545. The Hall–Kier alpha value is -1.83. The number of H-pyrrole nitrogens is 1. The third kappa shape index (κ3) is 0.951. The number of imidazole rings is 1. The molecule has 0 aromatic carbocycles. The molecule has 0 spiro atoms. The molecule has 0 saturated carbocycles. The van der Waals surface area contributed by atoms with Crippen LogP contribution >= 0.6 is 0 Å². The Morgan fingerprint density at radius 2 is 2.70 bits per heavy atom. The number of nitrogens with one attached hydrogen (secondary N) is 2. The van der Waals surface area contributed by atoms with E-state index >= 15 is 0 Å². The fraction of sp³-hybridized carbons (Fsp3) is 0. The quantitative estimate of drug-likeness (QED) is 0.554. The molecule has 1 aromatic heterocycles. The molecule has 1 amide bonds. The van der Waals surface area contributed by atoms with Crippen LogP contribution in [0.1, 0.15) is 5.69 Å². The Balaban J connectivity index is 2.92. The van der Waals surface area contributed by atoms with Crippen molar-refractivity contribution in [3.05, 3.63) is 12.0 Å². The van der Waals surface area contributed by atoms with Crippen LogP contribution in [0.3, 0.4) is 0 Å². The molecule has 0 aliphatic carbocycles. The number of aromatic nitrogens is 2. The van der Waals surface area contributed by atoms with Crippen LogP contribution in [0.4, 0.5) is 5.82 Å². The number of rotatable bonds is 2. The molecule has 0 saturated heterocycles. The smallest absolute Gasteiger partial charge is 0.212 e. The van der Waals surface area contributed by atoms with Gasteiger partial charge < -0.3 is 10.3 Å². The molecule has 5 heteroatoms. The number of nitrogens with zero attached hydrogens (tertiary/aromatic N) is 2. The van der Waals surface area contributed by atoms with Crippen LogP contribution in [0.5, 0.6) is 0 Å². The van der Waals surface area contributed by atoms with Crippen LogP contribution < -0.4 is 5.32 Å². The first-order valence-corrected chi connectivity index (χ1v) is 2.52. The molecule has 10 heavy (non-hydrogen) atoms. The highest BCUT2D eigenvalue weighted by molar-refractivity contribution is 5.71. The average Bonchev–Trinajstić information content (AvgIpc) is 2.36. The summed E-state index contributed by atoms with van der Waals surface area (Å²) in [4.78, 5) is 16.1. The number of carbonyl (C=O) groups excluding carboxylic acids is 1. The highest BCUT2D eigenvalue weighted by Gasteiger charge is 2.00. The second-order valence-electron chi connectivity index (χ2n) is 1.50. The highest BCUT2D eigenvalue weighted by Crippen LogP contribution is 2.04. The van der Waals surface area contributed by atoms with E-state index in [0.717, 1.165) is 0 Å². The molecule has 0 aliphatic heterocycles. The van der Waals surface area contributed by atoms with E-state index in [1.807, 2.05) is 6.07 Å². The molecule has 50 valence electrons. The van der Waals surface area contributed by atoms with Crippen molar-refractivity contribution in [3.8, 4) is 6.07 Å². The number of hydrogen-bond donors (Lipinski definition) is 2. The molecule has 1 heterocycles. The summed E-state index contributed by atoms with van der Waals surface area (Å²) in [5.74, 6) is 0.262. The van der Waals surface area contributed by atoms with Crippen LogP contribution in [-0.4, -0.2) is 16.4 Å². The van der Waals surface area contributed by atoms with Gasteiger partial charge in [-0.15, -0.1) is 0 Å². The number of amides is 1. The van der Waals surface area contributed by atoms with Gasteiger partial charge in [0.1, 0.15) is 6.07 Å². The first-order chi connectivity index (χ1) is 4.88. The first kappa shape index (κ1) is 6.29. The maximum atomic E-state index is 9.87. The van der Waals surface area contributed by atoms with Crippen molar-refractivity contribution in [2.75, 3.05) is 5.32 Å². The summed E-state index contributed by atoms with van der Waals surface area (Å²) in [6.45, 7) is 0. The number of aromatic amines is 1. The Bertz CT molecular complexity index is 271. The van der Waals surface area contributed by atoms with Crippen molar-refractivity contribution in [1.82, 2.24) is 9.97 Å². The summed E-state index contributed by atoms with van der Waals surface area (Å²) in [6, 6.07) is 1.82. The Labute approximate surface area is 56.7 Å². The number of nitriles is 1. The average molecular weight is 136 g/mol. The lowest BCUT2D eigenvalue weighted by Crippen LogP contribution is -1.95. The van der Waals surface area contributed by atoms with Gasteiger partial charge in [0.05, 0.1) is 6.33 Å². The van der Waals surface area contributed by atoms with E-state index in [2.05, 4.69) is 15.3 Å². The zero-order valence-corrected chi connectivity index (χ0v) is 4.96. The van der Waals surface area contributed by atoms with Crippen molar-refractivity contribution in [2.45, 2.75) is 0 Å². The molecule has 2 N–H and O–H groups in total. The Morgan fingerprint density at radius 3 is 3.30 bits per heavy atom. The highest BCUT2D eigenvalue weighted by atomic mass is 16.1. The Kier molecular flexibility index (Phi) is 1.66. The van der Waals surface area contributed by atoms with Crippen LogP contribution in [0.15, 0.2) is 6.33 Å². The summed E-state index contributed by atoms with van der Waals surface area (Å²) in [6.07, 6.45) is 1.81. The van der Waals surface area contributed by atoms with Gasteiger partial charge in [-0.3, -0.25) is 4.79 Å². The van der Waals surface area contributed by atoms with Gasteiger partial charge in [0.2, 0.25) is 6.41 Å². The first-order valence-electron chi connectivity index (χ1n) is 2.52. The Morgan fingerprint density at radius 1 is 1.90 bits per heavy atom.